The summed E-state index contributed by atoms with van der Waals surface area (Å²) in [5, 5.41) is 24.7. The minimum atomic E-state index is -0.654. The molecule has 1 unspecified atom stereocenters. The van der Waals surface area contributed by atoms with Crippen molar-refractivity contribution in [1.29, 1.82) is 0 Å². The van der Waals surface area contributed by atoms with Crippen LogP contribution in [0.4, 0.5) is 0 Å². The Labute approximate surface area is 83.6 Å². The summed E-state index contributed by atoms with van der Waals surface area (Å²) in [5.41, 5.74) is 0. The van der Waals surface area contributed by atoms with Crippen LogP contribution >= 0.6 is 11.5 Å². The summed E-state index contributed by atoms with van der Waals surface area (Å²) < 4.78 is 3.66. The molecular weight excluding hydrogens is 204 g/mol. The summed E-state index contributed by atoms with van der Waals surface area (Å²) in [4.78, 5) is 2.06. The fraction of sp³-hybridized carbons (Fsp3) is 0.500. The molecule has 0 aliphatic heterocycles. The van der Waals surface area contributed by atoms with Crippen LogP contribution in [0.3, 0.4) is 0 Å². The molecule has 2 aromatic rings. The van der Waals surface area contributed by atoms with Gasteiger partial charge >= 0.3 is 0 Å². The topological polar surface area (TPSA) is 89.6 Å². The highest BCUT2D eigenvalue weighted by Crippen LogP contribution is 2.17. The first-order valence-electron chi connectivity index (χ1n) is 3.94. The minimum absolute atomic E-state index is 0.331. The molecule has 0 saturated heterocycles. The third-order valence-electron chi connectivity index (χ3n) is 1.63. The molecule has 0 aliphatic rings. The van der Waals surface area contributed by atoms with Gasteiger partial charge in [-0.1, -0.05) is 4.49 Å². The van der Waals surface area contributed by atoms with Crippen molar-refractivity contribution in [3.05, 3.63) is 16.9 Å². The number of hydrogen-bond acceptors (Lipinski definition) is 7. The van der Waals surface area contributed by atoms with Crippen molar-refractivity contribution in [2.75, 3.05) is 0 Å². The molecule has 0 aromatic carbocycles. The van der Waals surface area contributed by atoms with Crippen LogP contribution in [0.2, 0.25) is 0 Å². The second-order valence-corrected chi connectivity index (χ2v) is 3.55. The molecule has 1 N–H and O–H groups in total. The summed E-state index contributed by atoms with van der Waals surface area (Å²) in [6, 6.07) is 0. The van der Waals surface area contributed by atoms with E-state index in [0.29, 0.717) is 17.1 Å². The van der Waals surface area contributed by atoms with E-state index in [0.717, 1.165) is 11.5 Å². The molecule has 0 aliphatic carbocycles. The number of aromatic nitrogens is 6. The van der Waals surface area contributed by atoms with Gasteiger partial charge in [-0.25, -0.2) is 0 Å². The smallest absolute Gasteiger partial charge is 0.177 e. The Morgan fingerprint density at radius 2 is 2.50 bits per heavy atom. The zero-order valence-corrected chi connectivity index (χ0v) is 8.22. The van der Waals surface area contributed by atoms with Gasteiger partial charge in [0.1, 0.15) is 0 Å². The van der Waals surface area contributed by atoms with Crippen LogP contribution in [-0.4, -0.2) is 34.9 Å². The first-order valence-corrected chi connectivity index (χ1v) is 4.71. The Bertz CT molecular complexity index is 398. The second-order valence-electron chi connectivity index (χ2n) is 2.73. The largest absolute Gasteiger partial charge is 0.387 e. The highest BCUT2D eigenvalue weighted by atomic mass is 32.1. The first-order chi connectivity index (χ1) is 6.75. The quantitative estimate of drug-likeness (QED) is 0.726. The Morgan fingerprint density at radius 3 is 3.07 bits per heavy atom. The number of aliphatic hydroxyl groups is 1. The minimum Gasteiger partial charge on any atom is -0.387 e. The van der Waals surface area contributed by atoms with E-state index in [1.54, 1.807) is 7.05 Å². The number of tetrazole rings is 1. The van der Waals surface area contributed by atoms with E-state index in [1.165, 1.54) is 11.0 Å². The van der Waals surface area contributed by atoms with E-state index in [4.69, 9.17) is 0 Å². The van der Waals surface area contributed by atoms with Crippen molar-refractivity contribution >= 4 is 11.5 Å². The fourth-order valence-electron chi connectivity index (χ4n) is 1.00. The lowest BCUT2D eigenvalue weighted by atomic mass is 10.2. The molecule has 0 spiro atoms. The Morgan fingerprint density at radius 1 is 1.64 bits per heavy atom. The van der Waals surface area contributed by atoms with E-state index in [2.05, 4.69) is 25.0 Å². The van der Waals surface area contributed by atoms with Gasteiger partial charge in [0.15, 0.2) is 5.82 Å². The zero-order chi connectivity index (χ0) is 9.97. The van der Waals surface area contributed by atoms with E-state index in [-0.39, 0.29) is 0 Å². The van der Waals surface area contributed by atoms with Gasteiger partial charge in [0.25, 0.3) is 0 Å². The maximum absolute atomic E-state index is 9.69. The maximum atomic E-state index is 9.69. The number of nitrogens with zero attached hydrogens (tertiary/aromatic N) is 6. The third-order valence-corrected chi connectivity index (χ3v) is 2.40. The molecule has 8 heteroatoms. The van der Waals surface area contributed by atoms with E-state index < -0.39 is 6.10 Å². The van der Waals surface area contributed by atoms with Gasteiger partial charge in [0.05, 0.1) is 24.2 Å². The van der Waals surface area contributed by atoms with Crippen molar-refractivity contribution in [3.8, 4) is 0 Å². The molecule has 2 aromatic heterocycles. The summed E-state index contributed by atoms with van der Waals surface area (Å²) in [5.74, 6) is 0.508. The van der Waals surface area contributed by atoms with E-state index in [1.807, 2.05) is 0 Å². The molecule has 14 heavy (non-hydrogen) atoms. The summed E-state index contributed by atoms with van der Waals surface area (Å²) in [7, 11) is 1.68. The van der Waals surface area contributed by atoms with Crippen LogP contribution in [0, 0.1) is 0 Å². The van der Waals surface area contributed by atoms with Crippen molar-refractivity contribution < 1.29 is 5.11 Å². The monoisotopic (exact) mass is 212 g/mol. The molecule has 0 amide bonds. The normalized spacial score (nSPS) is 13.0. The molecule has 0 bridgehead atoms. The highest BCUT2D eigenvalue weighted by Gasteiger charge is 2.13. The van der Waals surface area contributed by atoms with Crippen molar-refractivity contribution in [2.45, 2.75) is 12.5 Å². The van der Waals surface area contributed by atoms with Crippen molar-refractivity contribution in [2.24, 2.45) is 7.05 Å². The SMILES string of the molecule is Cn1nnc(CC(O)c2cnns2)n1. The number of rotatable bonds is 3. The van der Waals surface area contributed by atoms with Crippen LogP contribution in [0.15, 0.2) is 6.20 Å². The molecule has 2 rings (SSSR count). The van der Waals surface area contributed by atoms with Gasteiger partial charge < -0.3 is 5.11 Å². The second kappa shape index (κ2) is 3.76. The summed E-state index contributed by atoms with van der Waals surface area (Å²) >= 11 is 1.16. The predicted molar refractivity (Wildman–Crippen MR) is 47.4 cm³/mol. The van der Waals surface area contributed by atoms with Gasteiger partial charge in [-0.2, -0.15) is 4.80 Å². The third kappa shape index (κ3) is 1.91. The molecule has 0 saturated carbocycles. The summed E-state index contributed by atoms with van der Waals surface area (Å²) in [6.45, 7) is 0. The molecule has 0 radical (unpaired) electrons. The average molecular weight is 212 g/mol. The van der Waals surface area contributed by atoms with Crippen LogP contribution in [0.1, 0.15) is 16.8 Å². The van der Waals surface area contributed by atoms with Gasteiger partial charge in [-0.3, -0.25) is 0 Å². The highest BCUT2D eigenvalue weighted by molar-refractivity contribution is 7.05. The van der Waals surface area contributed by atoms with Crippen LogP contribution in [0.5, 0.6) is 0 Å². The van der Waals surface area contributed by atoms with E-state index in [9.17, 15) is 5.11 Å². The molecule has 0 fully saturated rings. The van der Waals surface area contributed by atoms with Crippen LogP contribution in [0.25, 0.3) is 0 Å². The van der Waals surface area contributed by atoms with Gasteiger partial charge in [0, 0.05) is 6.42 Å². The number of aliphatic hydroxyl groups excluding tert-OH is 1. The lowest BCUT2D eigenvalue weighted by molar-refractivity contribution is 0.179. The van der Waals surface area contributed by atoms with Crippen molar-refractivity contribution in [3.63, 3.8) is 0 Å². The molecule has 74 valence electrons. The zero-order valence-electron chi connectivity index (χ0n) is 7.40. The molecule has 2 heterocycles. The Kier molecular flexibility index (Phi) is 2.46. The fourth-order valence-corrected chi connectivity index (χ4v) is 1.49. The number of aryl methyl sites for hydroxylation is 1. The first kappa shape index (κ1) is 9.16. The number of hydrogen-bond donors (Lipinski definition) is 1. The van der Waals surface area contributed by atoms with Gasteiger partial charge in [-0.15, -0.1) is 15.3 Å². The van der Waals surface area contributed by atoms with E-state index >= 15 is 0 Å². The predicted octanol–water partition coefficient (Wildman–Crippen LogP) is -0.662. The Hall–Kier alpha value is -1.41. The Balaban J connectivity index is 2.05. The average Bonchev–Trinajstić information content (AvgIpc) is 2.75. The van der Waals surface area contributed by atoms with Crippen LogP contribution < -0.4 is 0 Å². The van der Waals surface area contributed by atoms with Crippen molar-refractivity contribution in [1.82, 2.24) is 29.8 Å². The molecule has 7 nitrogen and oxygen atoms in total. The van der Waals surface area contributed by atoms with Crippen LogP contribution in [-0.2, 0) is 13.5 Å². The lowest BCUT2D eigenvalue weighted by Gasteiger charge is -2.01. The maximum Gasteiger partial charge on any atom is 0.177 e. The molecule has 1 atom stereocenters. The lowest BCUT2D eigenvalue weighted by Crippen LogP contribution is -2.02. The van der Waals surface area contributed by atoms with Gasteiger partial charge in [0.2, 0.25) is 0 Å². The standard InChI is InChI=1S/C6H8N6OS/c1-12-9-6(8-10-12)2-4(13)5-3-7-11-14-5/h3-4,13H,2H2,1H3. The van der Waals surface area contributed by atoms with Gasteiger partial charge in [-0.05, 0) is 16.7 Å². The summed E-state index contributed by atoms with van der Waals surface area (Å²) in [6.07, 6.45) is 1.21. The molecular formula is C6H8N6OS.